The molecule has 0 aromatic carbocycles. The Hall–Kier alpha value is -0.850. The number of rotatable bonds is 1. The summed E-state index contributed by atoms with van der Waals surface area (Å²) in [6, 6.07) is 0. The van der Waals surface area contributed by atoms with Gasteiger partial charge in [0.05, 0.1) is 0 Å². The SMILES string of the molecule is CC(=O)C(O)C#CCO. The number of ketones is 1. The van der Waals surface area contributed by atoms with Crippen LogP contribution in [0.25, 0.3) is 0 Å². The minimum absolute atomic E-state index is 0.329. The molecule has 50 valence electrons. The molecule has 0 aliphatic heterocycles. The molecule has 0 saturated carbocycles. The lowest BCUT2D eigenvalue weighted by atomic mass is 10.3. The van der Waals surface area contributed by atoms with E-state index in [1.54, 1.807) is 0 Å². The van der Waals surface area contributed by atoms with Gasteiger partial charge >= 0.3 is 0 Å². The van der Waals surface area contributed by atoms with Crippen LogP contribution in [0.3, 0.4) is 0 Å². The smallest absolute Gasteiger partial charge is 0.172 e. The standard InChI is InChI=1S/C6H8O3/c1-5(8)6(9)3-2-4-7/h6-7,9H,4H2,1H3. The van der Waals surface area contributed by atoms with Crippen molar-refractivity contribution in [3.63, 3.8) is 0 Å². The topological polar surface area (TPSA) is 57.5 Å². The molecule has 0 heterocycles. The average molecular weight is 128 g/mol. The fraction of sp³-hybridized carbons (Fsp3) is 0.500. The molecule has 0 aliphatic carbocycles. The van der Waals surface area contributed by atoms with Gasteiger partial charge in [0, 0.05) is 0 Å². The van der Waals surface area contributed by atoms with Gasteiger partial charge in [0.1, 0.15) is 6.61 Å². The number of hydrogen-bond donors (Lipinski definition) is 2. The van der Waals surface area contributed by atoms with Crippen molar-refractivity contribution in [2.24, 2.45) is 0 Å². The lowest BCUT2D eigenvalue weighted by Crippen LogP contribution is -2.13. The second-order valence-electron chi connectivity index (χ2n) is 1.49. The van der Waals surface area contributed by atoms with Crippen LogP contribution in [-0.4, -0.2) is 28.7 Å². The van der Waals surface area contributed by atoms with E-state index in [0.717, 1.165) is 0 Å². The second-order valence-corrected chi connectivity index (χ2v) is 1.49. The molecule has 1 unspecified atom stereocenters. The van der Waals surface area contributed by atoms with Gasteiger partial charge in [-0.05, 0) is 6.92 Å². The predicted molar refractivity (Wildman–Crippen MR) is 31.5 cm³/mol. The third-order valence-corrected chi connectivity index (χ3v) is 0.703. The van der Waals surface area contributed by atoms with Gasteiger partial charge < -0.3 is 10.2 Å². The fourth-order valence-electron chi connectivity index (χ4n) is 0.244. The number of carbonyl (C=O) groups is 1. The Kier molecular flexibility index (Phi) is 3.69. The van der Waals surface area contributed by atoms with E-state index in [1.807, 2.05) is 0 Å². The van der Waals surface area contributed by atoms with E-state index in [0.29, 0.717) is 0 Å². The minimum Gasteiger partial charge on any atom is -0.384 e. The molecular weight excluding hydrogens is 120 g/mol. The van der Waals surface area contributed by atoms with Crippen molar-refractivity contribution in [3.8, 4) is 11.8 Å². The van der Waals surface area contributed by atoms with Crippen LogP contribution < -0.4 is 0 Å². The van der Waals surface area contributed by atoms with Crippen LogP contribution in [0.5, 0.6) is 0 Å². The average Bonchev–Trinajstić information content (AvgIpc) is 1.82. The van der Waals surface area contributed by atoms with Crippen molar-refractivity contribution in [2.45, 2.75) is 13.0 Å². The maximum absolute atomic E-state index is 10.2. The zero-order valence-electron chi connectivity index (χ0n) is 5.09. The summed E-state index contributed by atoms with van der Waals surface area (Å²) in [6.45, 7) is 0.904. The maximum atomic E-state index is 10.2. The molecule has 0 radical (unpaired) electrons. The number of aliphatic hydroxyl groups is 2. The van der Waals surface area contributed by atoms with Crippen molar-refractivity contribution < 1.29 is 15.0 Å². The van der Waals surface area contributed by atoms with Gasteiger partial charge in [-0.3, -0.25) is 4.79 Å². The normalized spacial score (nSPS) is 11.4. The van der Waals surface area contributed by atoms with E-state index in [1.165, 1.54) is 6.92 Å². The predicted octanol–water partition coefficient (Wildman–Crippen LogP) is -1.07. The first-order valence-corrected chi connectivity index (χ1v) is 2.46. The zero-order valence-corrected chi connectivity index (χ0v) is 5.09. The first kappa shape index (κ1) is 8.15. The van der Waals surface area contributed by atoms with Crippen LogP contribution in [0.1, 0.15) is 6.92 Å². The second kappa shape index (κ2) is 4.07. The summed E-state index contributed by atoms with van der Waals surface area (Å²) < 4.78 is 0. The molecule has 0 spiro atoms. The highest BCUT2D eigenvalue weighted by Crippen LogP contribution is 1.79. The highest BCUT2D eigenvalue weighted by Gasteiger charge is 2.02. The van der Waals surface area contributed by atoms with Crippen LogP contribution in [-0.2, 0) is 4.79 Å². The van der Waals surface area contributed by atoms with Crippen molar-refractivity contribution in [1.29, 1.82) is 0 Å². The first-order valence-electron chi connectivity index (χ1n) is 2.46. The minimum atomic E-state index is -1.24. The zero-order chi connectivity index (χ0) is 7.28. The maximum Gasteiger partial charge on any atom is 0.172 e. The van der Waals surface area contributed by atoms with E-state index < -0.39 is 11.9 Å². The van der Waals surface area contributed by atoms with Crippen LogP contribution in [0, 0.1) is 11.8 Å². The van der Waals surface area contributed by atoms with Gasteiger partial charge in [-0.25, -0.2) is 0 Å². The largest absolute Gasteiger partial charge is 0.384 e. The van der Waals surface area contributed by atoms with E-state index in [4.69, 9.17) is 10.2 Å². The monoisotopic (exact) mass is 128 g/mol. The van der Waals surface area contributed by atoms with Crippen molar-refractivity contribution in [1.82, 2.24) is 0 Å². The van der Waals surface area contributed by atoms with Crippen LogP contribution >= 0.6 is 0 Å². The Morgan fingerprint density at radius 3 is 2.67 bits per heavy atom. The molecule has 9 heavy (non-hydrogen) atoms. The van der Waals surface area contributed by atoms with Crippen molar-refractivity contribution in [3.05, 3.63) is 0 Å². The lowest BCUT2D eigenvalue weighted by Gasteiger charge is -1.91. The van der Waals surface area contributed by atoms with E-state index in [9.17, 15) is 4.79 Å². The number of carbonyl (C=O) groups excluding carboxylic acids is 1. The van der Waals surface area contributed by atoms with E-state index in [-0.39, 0.29) is 6.61 Å². The Morgan fingerprint density at radius 1 is 1.78 bits per heavy atom. The summed E-state index contributed by atoms with van der Waals surface area (Å²) in [5.74, 6) is 3.90. The summed E-state index contributed by atoms with van der Waals surface area (Å²) in [5, 5.41) is 16.7. The number of Topliss-reactive ketones (excluding diaryl/α,β-unsaturated/α-hetero) is 1. The number of aliphatic hydroxyl groups excluding tert-OH is 2. The first-order chi connectivity index (χ1) is 4.18. The van der Waals surface area contributed by atoms with Crippen LogP contribution in [0.2, 0.25) is 0 Å². The van der Waals surface area contributed by atoms with Gasteiger partial charge in [-0.1, -0.05) is 11.8 Å². The molecule has 1 atom stereocenters. The highest BCUT2D eigenvalue weighted by molar-refractivity contribution is 5.83. The molecule has 0 aliphatic rings. The molecule has 0 fully saturated rings. The third kappa shape index (κ3) is 3.71. The van der Waals surface area contributed by atoms with E-state index >= 15 is 0 Å². The van der Waals surface area contributed by atoms with Crippen LogP contribution in [0.15, 0.2) is 0 Å². The summed E-state index contributed by atoms with van der Waals surface area (Å²) in [7, 11) is 0. The van der Waals surface area contributed by atoms with Gasteiger partial charge in [0.2, 0.25) is 0 Å². The van der Waals surface area contributed by atoms with E-state index in [2.05, 4.69) is 11.8 Å². The van der Waals surface area contributed by atoms with Gasteiger partial charge in [-0.15, -0.1) is 0 Å². The van der Waals surface area contributed by atoms with Gasteiger partial charge in [0.15, 0.2) is 11.9 Å². The van der Waals surface area contributed by atoms with Crippen molar-refractivity contribution >= 4 is 5.78 Å². The quantitative estimate of drug-likeness (QED) is 0.442. The van der Waals surface area contributed by atoms with Crippen LogP contribution in [0.4, 0.5) is 0 Å². The third-order valence-electron chi connectivity index (χ3n) is 0.703. The molecule has 0 bridgehead atoms. The Labute approximate surface area is 53.3 Å². The summed E-state index contributed by atoms with van der Waals surface area (Å²) in [4.78, 5) is 10.2. The highest BCUT2D eigenvalue weighted by atomic mass is 16.3. The molecule has 0 rings (SSSR count). The Balaban J connectivity index is 3.75. The summed E-state index contributed by atoms with van der Waals surface area (Å²) in [6.07, 6.45) is -1.24. The molecule has 3 nitrogen and oxygen atoms in total. The summed E-state index contributed by atoms with van der Waals surface area (Å²) in [5.41, 5.74) is 0. The Bertz CT molecular complexity index is 151. The lowest BCUT2D eigenvalue weighted by molar-refractivity contribution is -0.122. The molecule has 2 N–H and O–H groups in total. The number of hydrogen-bond acceptors (Lipinski definition) is 3. The molecule has 0 saturated heterocycles. The van der Waals surface area contributed by atoms with Gasteiger partial charge in [-0.2, -0.15) is 0 Å². The molecule has 0 amide bonds. The molecule has 0 aromatic rings. The molecular formula is C6H8O3. The fourth-order valence-corrected chi connectivity index (χ4v) is 0.244. The molecule has 0 aromatic heterocycles. The summed E-state index contributed by atoms with van der Waals surface area (Å²) >= 11 is 0. The Morgan fingerprint density at radius 2 is 2.33 bits per heavy atom. The molecule has 3 heteroatoms. The van der Waals surface area contributed by atoms with Gasteiger partial charge in [0.25, 0.3) is 0 Å². The van der Waals surface area contributed by atoms with Crippen molar-refractivity contribution in [2.75, 3.05) is 6.61 Å².